The molecule has 297 valence electrons. The number of primary amides is 3. The Hall–Kier alpha value is -4.69. The van der Waals surface area contributed by atoms with E-state index in [2.05, 4.69) is 72.8 Å². The van der Waals surface area contributed by atoms with Crippen LogP contribution in [0.1, 0.15) is 19.3 Å². The van der Waals surface area contributed by atoms with Gasteiger partial charge in [0.25, 0.3) is 0 Å². The van der Waals surface area contributed by atoms with Crippen molar-refractivity contribution in [1.29, 1.82) is 0 Å². The molecule has 3 amide bonds. The Balaban J connectivity index is 0.000000286. The van der Waals surface area contributed by atoms with Crippen LogP contribution in [0.2, 0.25) is 0 Å². The maximum absolute atomic E-state index is 11.0. The first-order valence-corrected chi connectivity index (χ1v) is 22.7. The SMILES string of the molecule is C=O.NC(=O)CCP(c1ccccc1)c1ccccc1.NC(=O)CCP(c1ccccc1)c1ccccc1.NC(=O)CCP(c1ccccc1)c1ccccc1.[Rh]. The van der Waals surface area contributed by atoms with Crippen molar-refractivity contribution in [2.24, 2.45) is 17.2 Å². The van der Waals surface area contributed by atoms with Crippen LogP contribution in [0.3, 0.4) is 0 Å². The minimum absolute atomic E-state index is 0. The Kier molecular flexibility index (Phi) is 24.4. The van der Waals surface area contributed by atoms with E-state index >= 15 is 0 Å². The smallest absolute Gasteiger partial charge is 0.217 e. The summed E-state index contributed by atoms with van der Waals surface area (Å²) in [6.07, 6.45) is 3.77. The van der Waals surface area contributed by atoms with E-state index in [1.54, 1.807) is 0 Å². The van der Waals surface area contributed by atoms with Crippen molar-refractivity contribution in [2.45, 2.75) is 19.3 Å². The molecule has 0 heterocycles. The summed E-state index contributed by atoms with van der Waals surface area (Å²) < 4.78 is 0. The molecule has 1 radical (unpaired) electrons. The zero-order chi connectivity index (χ0) is 40.4. The Labute approximate surface area is 353 Å². The van der Waals surface area contributed by atoms with Gasteiger partial charge >= 0.3 is 0 Å². The predicted molar refractivity (Wildman–Crippen MR) is 240 cm³/mol. The second-order valence-corrected chi connectivity index (χ2v) is 19.1. The van der Waals surface area contributed by atoms with Gasteiger partial charge in [0.2, 0.25) is 17.7 Å². The zero-order valence-electron chi connectivity index (χ0n) is 31.8. The summed E-state index contributed by atoms with van der Waals surface area (Å²) in [7, 11) is -1.45. The van der Waals surface area contributed by atoms with Crippen LogP contribution >= 0.6 is 23.8 Å². The molecule has 0 fully saturated rings. The number of nitrogens with two attached hydrogens (primary N) is 3. The third kappa shape index (κ3) is 18.4. The van der Waals surface area contributed by atoms with Crippen molar-refractivity contribution in [3.05, 3.63) is 182 Å². The molecule has 0 bridgehead atoms. The summed E-state index contributed by atoms with van der Waals surface area (Å²) in [5, 5.41) is 7.75. The number of benzene rings is 6. The fourth-order valence-corrected chi connectivity index (χ4v) is 12.5. The van der Waals surface area contributed by atoms with Crippen LogP contribution in [0.15, 0.2) is 182 Å². The van der Waals surface area contributed by atoms with Crippen LogP contribution < -0.4 is 49.0 Å². The van der Waals surface area contributed by atoms with Crippen molar-refractivity contribution < 1.29 is 38.7 Å². The van der Waals surface area contributed by atoms with E-state index < -0.39 is 23.8 Å². The van der Waals surface area contributed by atoms with Crippen molar-refractivity contribution >= 4 is 80.1 Å². The maximum Gasteiger partial charge on any atom is 0.217 e. The summed E-state index contributed by atoms with van der Waals surface area (Å²) >= 11 is 0. The van der Waals surface area contributed by atoms with Gasteiger partial charge in [0.15, 0.2) is 0 Å². The number of rotatable bonds is 15. The van der Waals surface area contributed by atoms with Crippen LogP contribution in [0, 0.1) is 0 Å². The summed E-state index contributed by atoms with van der Waals surface area (Å²) in [6, 6.07) is 62.0. The molecule has 0 saturated heterocycles. The van der Waals surface area contributed by atoms with E-state index in [4.69, 9.17) is 22.0 Å². The minimum atomic E-state index is -0.484. The van der Waals surface area contributed by atoms with Gasteiger partial charge in [-0.3, -0.25) is 14.4 Å². The average molecular weight is 905 g/mol. The van der Waals surface area contributed by atoms with Gasteiger partial charge in [-0.15, -0.1) is 0 Å². The molecule has 0 aliphatic carbocycles. The molecule has 0 saturated carbocycles. The first-order chi connectivity index (χ1) is 27.3. The third-order valence-electron chi connectivity index (χ3n) is 8.15. The van der Waals surface area contributed by atoms with E-state index in [0.29, 0.717) is 19.3 Å². The van der Waals surface area contributed by atoms with Crippen molar-refractivity contribution in [1.82, 2.24) is 0 Å². The van der Waals surface area contributed by atoms with Gasteiger partial charge in [-0.2, -0.15) is 0 Å². The number of carbonyl (C=O) groups is 4. The van der Waals surface area contributed by atoms with Gasteiger partial charge in [-0.25, -0.2) is 0 Å². The molecule has 57 heavy (non-hydrogen) atoms. The Morgan fingerprint density at radius 3 is 0.596 bits per heavy atom. The topological polar surface area (TPSA) is 146 Å². The van der Waals surface area contributed by atoms with E-state index in [1.807, 2.05) is 116 Å². The summed E-state index contributed by atoms with van der Waals surface area (Å²) in [5.74, 6) is -0.682. The maximum atomic E-state index is 11.0. The molecule has 0 atom stereocenters. The monoisotopic (exact) mass is 904 g/mol. The molecule has 6 rings (SSSR count). The molecule has 0 spiro atoms. The Morgan fingerprint density at radius 2 is 0.474 bits per heavy atom. The molecule has 6 N–H and O–H groups in total. The molecule has 0 aliphatic heterocycles. The average Bonchev–Trinajstić information content (AvgIpc) is 3.24. The standard InChI is InChI=1S/3C15H16NOP.CH2O.Rh/c3*16-15(17)11-12-18(13-7-3-1-4-8-13)14-9-5-2-6-10-14;1-2;/h3*1-10H,11-12H2,(H2,16,17);1H2;. The number of carbonyl (C=O) groups excluding carboxylic acids is 4. The first kappa shape index (κ1) is 48.5. The molecule has 0 aliphatic rings. The van der Waals surface area contributed by atoms with E-state index in [1.165, 1.54) is 31.8 Å². The first-order valence-electron chi connectivity index (χ1n) is 18.1. The molecule has 7 nitrogen and oxygen atoms in total. The van der Waals surface area contributed by atoms with E-state index in [-0.39, 0.29) is 37.2 Å². The summed E-state index contributed by atoms with van der Waals surface area (Å²) in [6.45, 7) is 2.00. The van der Waals surface area contributed by atoms with Gasteiger partial charge in [-0.05, 0) is 74.1 Å². The van der Waals surface area contributed by atoms with Crippen LogP contribution in [0.4, 0.5) is 0 Å². The second-order valence-electron chi connectivity index (χ2n) is 12.1. The third-order valence-corrected chi connectivity index (χ3v) is 15.7. The molecule has 11 heteroatoms. The Morgan fingerprint density at radius 1 is 0.333 bits per heavy atom. The van der Waals surface area contributed by atoms with Crippen LogP contribution in [-0.2, 0) is 38.7 Å². The molecule has 0 unspecified atom stereocenters. The molecule has 6 aromatic carbocycles. The minimum Gasteiger partial charge on any atom is -0.370 e. The van der Waals surface area contributed by atoms with Gasteiger partial charge in [-0.1, -0.05) is 182 Å². The zero-order valence-corrected chi connectivity index (χ0v) is 36.1. The quantitative estimate of drug-likeness (QED) is 0.0885. The second kappa shape index (κ2) is 28.7. The summed E-state index contributed by atoms with van der Waals surface area (Å²) in [4.78, 5) is 41.0. The summed E-state index contributed by atoms with van der Waals surface area (Å²) in [5.41, 5.74) is 15.8. The predicted octanol–water partition coefficient (Wildman–Crippen LogP) is 5.80. The van der Waals surface area contributed by atoms with Gasteiger partial charge in [0, 0.05) is 38.7 Å². The van der Waals surface area contributed by atoms with Crippen LogP contribution in [0.5, 0.6) is 0 Å². The van der Waals surface area contributed by atoms with Crippen molar-refractivity contribution in [2.75, 3.05) is 18.5 Å². The molecule has 0 aromatic heterocycles. The largest absolute Gasteiger partial charge is 0.370 e. The fraction of sp³-hybridized carbons (Fsp3) is 0.130. The van der Waals surface area contributed by atoms with Crippen LogP contribution in [0.25, 0.3) is 0 Å². The van der Waals surface area contributed by atoms with E-state index in [9.17, 15) is 14.4 Å². The van der Waals surface area contributed by atoms with E-state index in [0.717, 1.165) is 18.5 Å². The normalized spacial score (nSPS) is 10.0. The number of hydrogen-bond acceptors (Lipinski definition) is 4. The molecule has 6 aromatic rings. The van der Waals surface area contributed by atoms with Crippen molar-refractivity contribution in [3.63, 3.8) is 0 Å². The number of hydrogen-bond donors (Lipinski definition) is 3. The Bertz CT molecular complexity index is 1640. The van der Waals surface area contributed by atoms with Crippen molar-refractivity contribution in [3.8, 4) is 0 Å². The van der Waals surface area contributed by atoms with Gasteiger partial charge in [0.1, 0.15) is 6.79 Å². The van der Waals surface area contributed by atoms with Crippen LogP contribution in [-0.4, -0.2) is 43.0 Å². The molecular formula is C46H50N3O4P3Rh. The van der Waals surface area contributed by atoms with Gasteiger partial charge < -0.3 is 22.0 Å². The molecular weight excluding hydrogens is 854 g/mol. The fourth-order valence-electron chi connectivity index (χ4n) is 5.54. The number of amides is 3. The van der Waals surface area contributed by atoms with Gasteiger partial charge in [0.05, 0.1) is 0 Å².